The number of nitrogens with zero attached hydrogens (tertiary/aromatic N) is 4. The molecule has 2 aromatic rings. The largest absolute Gasteiger partial charge is 0.353 e. The minimum Gasteiger partial charge on any atom is -0.353 e. The van der Waals surface area contributed by atoms with Crippen molar-refractivity contribution in [3.8, 4) is 0 Å². The van der Waals surface area contributed by atoms with Gasteiger partial charge in [-0.25, -0.2) is 4.68 Å². The Morgan fingerprint density at radius 2 is 2.15 bits per heavy atom. The van der Waals surface area contributed by atoms with E-state index in [-0.39, 0.29) is 17.2 Å². The number of hydrogen-bond acceptors (Lipinski definition) is 5. The third kappa shape index (κ3) is 3.36. The van der Waals surface area contributed by atoms with Gasteiger partial charge in [-0.3, -0.25) is 4.79 Å². The highest BCUT2D eigenvalue weighted by molar-refractivity contribution is 8.01. The lowest BCUT2D eigenvalue weighted by atomic mass is 10.4. The molecule has 0 aliphatic heterocycles. The number of tetrazole rings is 1. The van der Waals surface area contributed by atoms with E-state index in [1.54, 1.807) is 0 Å². The second kappa shape index (κ2) is 5.62. The number of rotatable bonds is 6. The van der Waals surface area contributed by atoms with Crippen LogP contribution in [0.4, 0.5) is 0 Å². The molecule has 1 amide bonds. The number of thioether (sulfide) groups is 1. The molecule has 1 N–H and O–H groups in total. The lowest BCUT2D eigenvalue weighted by Crippen LogP contribution is -2.34. The van der Waals surface area contributed by atoms with Crippen molar-refractivity contribution in [1.82, 2.24) is 25.5 Å². The van der Waals surface area contributed by atoms with Crippen LogP contribution in [-0.4, -0.2) is 37.4 Å². The van der Waals surface area contributed by atoms with Crippen LogP contribution in [0.5, 0.6) is 0 Å². The number of benzene rings is 1. The van der Waals surface area contributed by atoms with Crippen LogP contribution in [0.1, 0.15) is 12.8 Å². The number of amides is 1. The maximum Gasteiger partial charge on any atom is 0.241 e. The Morgan fingerprint density at radius 1 is 1.35 bits per heavy atom. The summed E-state index contributed by atoms with van der Waals surface area (Å²) in [5.41, 5.74) is 0. The van der Waals surface area contributed by atoms with Crippen LogP contribution >= 0.6 is 11.8 Å². The molecule has 20 heavy (non-hydrogen) atoms. The summed E-state index contributed by atoms with van der Waals surface area (Å²) in [6, 6.07) is 10.3. The van der Waals surface area contributed by atoms with Crippen molar-refractivity contribution < 1.29 is 4.79 Å². The van der Waals surface area contributed by atoms with Gasteiger partial charge in [0, 0.05) is 16.2 Å². The van der Waals surface area contributed by atoms with Crippen LogP contribution in [-0.2, 0) is 11.3 Å². The Balaban J connectivity index is 1.49. The number of hydrogen-bond donors (Lipinski definition) is 1. The van der Waals surface area contributed by atoms with Crippen LogP contribution in [0.25, 0.3) is 0 Å². The first kappa shape index (κ1) is 13.1. The summed E-state index contributed by atoms with van der Waals surface area (Å²) in [6.45, 7) is 0.854. The highest BCUT2D eigenvalue weighted by Crippen LogP contribution is 2.51. The molecule has 0 unspecified atom stereocenters. The SMILES string of the molecule is O=C(Cn1cnnn1)NCC1(Sc2ccccc2)CC1. The van der Waals surface area contributed by atoms with E-state index in [0.717, 1.165) is 12.8 Å². The van der Waals surface area contributed by atoms with Crippen LogP contribution in [0.2, 0.25) is 0 Å². The first-order valence-corrected chi connectivity index (χ1v) is 7.29. The summed E-state index contributed by atoms with van der Waals surface area (Å²) in [5.74, 6) is -0.0581. The van der Waals surface area contributed by atoms with Crippen molar-refractivity contribution in [3.05, 3.63) is 36.7 Å². The molecule has 0 bridgehead atoms. The third-order valence-electron chi connectivity index (χ3n) is 3.19. The zero-order valence-corrected chi connectivity index (χ0v) is 11.7. The fourth-order valence-electron chi connectivity index (χ4n) is 1.91. The monoisotopic (exact) mass is 289 g/mol. The molecule has 1 heterocycles. The summed E-state index contributed by atoms with van der Waals surface area (Å²) in [4.78, 5) is 13.1. The molecule has 0 saturated heterocycles. The smallest absolute Gasteiger partial charge is 0.241 e. The Labute approximate surface area is 120 Å². The van der Waals surface area contributed by atoms with Gasteiger partial charge in [-0.1, -0.05) is 18.2 Å². The zero-order valence-electron chi connectivity index (χ0n) is 10.9. The van der Waals surface area contributed by atoms with E-state index >= 15 is 0 Å². The molecule has 0 radical (unpaired) electrons. The van der Waals surface area contributed by atoms with Crippen molar-refractivity contribution in [2.75, 3.05) is 6.54 Å². The lowest BCUT2D eigenvalue weighted by molar-refractivity contribution is -0.121. The van der Waals surface area contributed by atoms with E-state index in [2.05, 4.69) is 33.0 Å². The van der Waals surface area contributed by atoms with E-state index < -0.39 is 0 Å². The van der Waals surface area contributed by atoms with Crippen molar-refractivity contribution in [1.29, 1.82) is 0 Å². The molecule has 104 valence electrons. The van der Waals surface area contributed by atoms with Crippen LogP contribution in [0.3, 0.4) is 0 Å². The Bertz CT molecular complexity index is 568. The normalized spacial score (nSPS) is 15.8. The van der Waals surface area contributed by atoms with Gasteiger partial charge in [-0.2, -0.15) is 0 Å². The minimum absolute atomic E-state index is 0.0581. The van der Waals surface area contributed by atoms with Crippen LogP contribution < -0.4 is 5.32 Å². The van der Waals surface area contributed by atoms with Gasteiger partial charge in [0.1, 0.15) is 12.9 Å². The second-order valence-corrected chi connectivity index (χ2v) is 6.42. The lowest BCUT2D eigenvalue weighted by Gasteiger charge is -2.15. The molecule has 6 nitrogen and oxygen atoms in total. The molecular formula is C13H15N5OS. The highest BCUT2D eigenvalue weighted by Gasteiger charge is 2.43. The summed E-state index contributed by atoms with van der Waals surface area (Å²) in [6.07, 6.45) is 3.71. The van der Waals surface area contributed by atoms with Gasteiger partial charge >= 0.3 is 0 Å². The maximum absolute atomic E-state index is 11.8. The third-order valence-corrected chi connectivity index (χ3v) is 4.68. The quantitative estimate of drug-likeness (QED) is 0.862. The van der Waals surface area contributed by atoms with E-state index in [9.17, 15) is 4.79 Å². The fraction of sp³-hybridized carbons (Fsp3) is 0.385. The molecule has 1 saturated carbocycles. The Kier molecular flexibility index (Phi) is 3.68. The van der Waals surface area contributed by atoms with Crippen molar-refractivity contribution in [2.24, 2.45) is 0 Å². The first-order valence-electron chi connectivity index (χ1n) is 6.47. The summed E-state index contributed by atoms with van der Waals surface area (Å²) in [5, 5.41) is 13.6. The van der Waals surface area contributed by atoms with Gasteiger partial charge in [0.2, 0.25) is 5.91 Å². The molecule has 3 rings (SSSR count). The molecule has 1 aliphatic rings. The average molecular weight is 289 g/mol. The molecule has 1 fully saturated rings. The first-order chi connectivity index (χ1) is 9.76. The predicted molar refractivity (Wildman–Crippen MR) is 75.1 cm³/mol. The minimum atomic E-state index is -0.0581. The molecule has 1 aliphatic carbocycles. The summed E-state index contributed by atoms with van der Waals surface area (Å²) < 4.78 is 1.58. The number of nitrogens with one attached hydrogen (secondary N) is 1. The van der Waals surface area contributed by atoms with Gasteiger partial charge in [0.15, 0.2) is 0 Å². The van der Waals surface area contributed by atoms with E-state index in [4.69, 9.17) is 0 Å². The Hall–Kier alpha value is -1.89. The fourth-order valence-corrected chi connectivity index (χ4v) is 3.15. The topological polar surface area (TPSA) is 72.7 Å². The molecule has 7 heteroatoms. The number of carbonyl (C=O) groups excluding carboxylic acids is 1. The second-order valence-electron chi connectivity index (χ2n) is 4.88. The van der Waals surface area contributed by atoms with Crippen molar-refractivity contribution in [2.45, 2.75) is 29.0 Å². The van der Waals surface area contributed by atoms with E-state index in [1.807, 2.05) is 30.0 Å². The molecule has 1 aromatic heterocycles. The van der Waals surface area contributed by atoms with Gasteiger partial charge in [0.25, 0.3) is 0 Å². The van der Waals surface area contributed by atoms with Gasteiger partial charge in [-0.05, 0) is 35.4 Å². The maximum atomic E-state index is 11.8. The van der Waals surface area contributed by atoms with E-state index in [1.165, 1.54) is 15.9 Å². The van der Waals surface area contributed by atoms with Gasteiger partial charge in [-0.15, -0.1) is 16.9 Å². The van der Waals surface area contributed by atoms with Gasteiger partial charge < -0.3 is 5.32 Å². The van der Waals surface area contributed by atoms with Crippen molar-refractivity contribution >= 4 is 17.7 Å². The van der Waals surface area contributed by atoms with Crippen LogP contribution in [0, 0.1) is 0 Å². The predicted octanol–water partition coefficient (Wildman–Crippen LogP) is 1.11. The Morgan fingerprint density at radius 3 is 2.80 bits per heavy atom. The highest BCUT2D eigenvalue weighted by atomic mass is 32.2. The standard InChI is InChI=1S/C13H15N5OS/c19-12(8-18-10-15-16-17-18)14-9-13(6-7-13)20-11-4-2-1-3-5-11/h1-5,10H,6-9H2,(H,14,19). The van der Waals surface area contributed by atoms with Gasteiger partial charge in [0.05, 0.1) is 0 Å². The average Bonchev–Trinajstić information content (AvgIpc) is 3.03. The molecule has 0 atom stereocenters. The van der Waals surface area contributed by atoms with Crippen LogP contribution in [0.15, 0.2) is 41.6 Å². The molecular weight excluding hydrogens is 274 g/mol. The zero-order chi connectivity index (χ0) is 13.8. The van der Waals surface area contributed by atoms with E-state index in [0.29, 0.717) is 6.54 Å². The molecule has 1 aromatic carbocycles. The summed E-state index contributed by atoms with van der Waals surface area (Å²) >= 11 is 1.85. The number of carbonyl (C=O) groups is 1. The summed E-state index contributed by atoms with van der Waals surface area (Å²) in [7, 11) is 0. The number of aromatic nitrogens is 4. The molecule has 0 spiro atoms. The van der Waals surface area contributed by atoms with Crippen molar-refractivity contribution in [3.63, 3.8) is 0 Å².